The molecule has 0 radical (unpaired) electrons. The van der Waals surface area contributed by atoms with E-state index < -0.39 is 9.84 Å². The van der Waals surface area contributed by atoms with Crippen molar-refractivity contribution in [2.75, 3.05) is 0 Å². The number of benzene rings is 4. The van der Waals surface area contributed by atoms with Crippen LogP contribution in [0.3, 0.4) is 0 Å². The summed E-state index contributed by atoms with van der Waals surface area (Å²) in [4.78, 5) is 0.472. The first-order valence-corrected chi connectivity index (χ1v) is 14.0. The van der Waals surface area contributed by atoms with E-state index in [-0.39, 0.29) is 21.0 Å². The number of hydrogen-bond donors (Lipinski definition) is 1. The number of hydrogen-bond acceptors (Lipinski definition) is 5. The smallest absolute Gasteiger partial charge is 0.206 e. The maximum absolute atomic E-state index is 13.0. The molecule has 0 heterocycles. The van der Waals surface area contributed by atoms with Crippen molar-refractivity contribution in [3.63, 3.8) is 0 Å². The van der Waals surface area contributed by atoms with Crippen LogP contribution in [0.25, 0.3) is 0 Å². The fourth-order valence-electron chi connectivity index (χ4n) is 3.32. The molecule has 4 aromatic rings. The van der Waals surface area contributed by atoms with Gasteiger partial charge in [-0.1, -0.05) is 53.7 Å². The number of ether oxygens (including phenoxy) is 2. The van der Waals surface area contributed by atoms with Crippen molar-refractivity contribution in [1.29, 1.82) is 0 Å². The number of aromatic hydroxyl groups is 1. The highest BCUT2D eigenvalue weighted by Gasteiger charge is 2.20. The van der Waals surface area contributed by atoms with E-state index in [1.165, 1.54) is 0 Å². The van der Waals surface area contributed by atoms with Crippen LogP contribution in [0.15, 0.2) is 107 Å². The third kappa shape index (κ3) is 8.12. The van der Waals surface area contributed by atoms with E-state index in [1.807, 2.05) is 12.1 Å². The van der Waals surface area contributed by atoms with E-state index >= 15 is 0 Å². The fourth-order valence-corrected chi connectivity index (χ4v) is 4.58. The Hall–Kier alpha value is -3.77. The zero-order valence-electron chi connectivity index (χ0n) is 22.8. The molecular weight excluding hydrogens is 496 g/mol. The maximum atomic E-state index is 13.0. The normalized spacial score (nSPS) is 11.4. The van der Waals surface area contributed by atoms with Crippen LogP contribution in [0.1, 0.15) is 47.1 Å². The molecule has 0 bridgehead atoms. The predicted molar refractivity (Wildman–Crippen MR) is 152 cm³/mol. The number of sulfone groups is 1. The molecule has 0 fully saturated rings. The van der Waals surface area contributed by atoms with E-state index in [0.717, 1.165) is 11.5 Å². The van der Waals surface area contributed by atoms with Gasteiger partial charge in [0.25, 0.3) is 0 Å². The lowest BCUT2D eigenvalue weighted by Crippen LogP contribution is -2.11. The molecule has 0 saturated heterocycles. The second-order valence-corrected chi connectivity index (χ2v) is 12.6. The quantitative estimate of drug-likeness (QED) is 0.269. The highest BCUT2D eigenvalue weighted by atomic mass is 32.2. The summed E-state index contributed by atoms with van der Waals surface area (Å²) in [5, 5.41) is 9.35. The topological polar surface area (TPSA) is 72.8 Å². The Morgan fingerprint density at radius 1 is 0.579 bits per heavy atom. The molecule has 4 aromatic carbocycles. The van der Waals surface area contributed by atoms with Crippen molar-refractivity contribution < 1.29 is 23.0 Å². The van der Waals surface area contributed by atoms with Gasteiger partial charge in [-0.25, -0.2) is 8.42 Å². The monoisotopic (exact) mass is 532 g/mol. The van der Waals surface area contributed by atoms with Crippen LogP contribution in [-0.4, -0.2) is 13.5 Å². The first-order valence-electron chi connectivity index (χ1n) is 12.5. The van der Waals surface area contributed by atoms with E-state index in [0.29, 0.717) is 23.0 Å². The van der Waals surface area contributed by atoms with E-state index in [9.17, 15) is 13.5 Å². The lowest BCUT2D eigenvalue weighted by molar-refractivity contribution is 0.461. The molecule has 200 valence electrons. The van der Waals surface area contributed by atoms with Gasteiger partial charge < -0.3 is 14.6 Å². The molecule has 1 N–H and O–H groups in total. The van der Waals surface area contributed by atoms with Crippen molar-refractivity contribution in [2.24, 2.45) is 5.92 Å². The summed E-state index contributed by atoms with van der Waals surface area (Å²) >= 11 is 0. The Balaban J connectivity index is 0.000000934. The average Bonchev–Trinajstić information content (AvgIpc) is 2.86. The molecule has 0 saturated carbocycles. The fraction of sp³-hybridized carbons (Fsp3) is 0.250. The Morgan fingerprint density at radius 2 is 0.868 bits per heavy atom. The molecule has 0 unspecified atom stereocenters. The van der Waals surface area contributed by atoms with Crippen molar-refractivity contribution in [2.45, 2.75) is 56.7 Å². The molecule has 0 aliphatic carbocycles. The summed E-state index contributed by atoms with van der Waals surface area (Å²) in [5.74, 6) is 3.35. The molecule has 38 heavy (non-hydrogen) atoms. The van der Waals surface area contributed by atoms with Crippen molar-refractivity contribution in [1.82, 2.24) is 0 Å². The standard InChI is InChI=1S/C28H26O5S.C4H10/c1-28(2,3)20-4-16-26(17-5-20)34(30,31)27-18-14-25(15-19-27)33-24-12-10-23(11-13-24)32-22-8-6-21(29)7-9-22;1-4(2)3/h4-19,29H,1-3H3;4H,1-3H3. The minimum atomic E-state index is -3.62. The second-order valence-electron chi connectivity index (χ2n) is 10.7. The molecule has 0 aliphatic heterocycles. The van der Waals surface area contributed by atoms with Crippen molar-refractivity contribution in [3.8, 4) is 28.7 Å². The predicted octanol–water partition coefficient (Wildman–Crippen LogP) is 8.77. The Kier molecular flexibility index (Phi) is 9.23. The van der Waals surface area contributed by atoms with Crippen LogP contribution < -0.4 is 9.47 Å². The van der Waals surface area contributed by atoms with Gasteiger partial charge in [-0.15, -0.1) is 0 Å². The maximum Gasteiger partial charge on any atom is 0.206 e. The van der Waals surface area contributed by atoms with E-state index in [1.54, 1.807) is 84.9 Å². The molecule has 0 aromatic heterocycles. The Bertz CT molecular complexity index is 1400. The highest BCUT2D eigenvalue weighted by molar-refractivity contribution is 7.91. The van der Waals surface area contributed by atoms with Gasteiger partial charge in [0, 0.05) is 0 Å². The van der Waals surface area contributed by atoms with E-state index in [4.69, 9.17) is 9.47 Å². The Labute approximate surface area is 226 Å². The summed E-state index contributed by atoms with van der Waals surface area (Å²) in [6, 6.07) is 26.9. The zero-order chi connectivity index (χ0) is 27.9. The highest BCUT2D eigenvalue weighted by Crippen LogP contribution is 2.30. The van der Waals surface area contributed by atoms with Gasteiger partial charge >= 0.3 is 0 Å². The summed E-state index contributed by atoms with van der Waals surface area (Å²) < 4.78 is 37.6. The molecule has 0 atom stereocenters. The van der Waals surface area contributed by atoms with Crippen molar-refractivity contribution >= 4 is 9.84 Å². The SMILES string of the molecule is CC(C)(C)c1ccc(S(=O)(=O)c2ccc(Oc3ccc(Oc4ccc(O)cc4)cc3)cc2)cc1.CC(C)C. The van der Waals surface area contributed by atoms with Crippen LogP contribution in [0.5, 0.6) is 28.7 Å². The number of phenolic OH excluding ortho intramolecular Hbond substituents is 1. The minimum absolute atomic E-state index is 0.0445. The number of phenols is 1. The second kappa shape index (κ2) is 12.2. The van der Waals surface area contributed by atoms with Crippen molar-refractivity contribution in [3.05, 3.63) is 103 Å². The van der Waals surface area contributed by atoms with Gasteiger partial charge in [0.05, 0.1) is 9.79 Å². The number of rotatable bonds is 6. The van der Waals surface area contributed by atoms with Crippen LogP contribution in [0.4, 0.5) is 0 Å². The molecule has 6 heteroatoms. The largest absolute Gasteiger partial charge is 0.508 e. The molecule has 4 rings (SSSR count). The third-order valence-electron chi connectivity index (χ3n) is 5.30. The van der Waals surface area contributed by atoms with Crippen LogP contribution in [0, 0.1) is 5.92 Å². The van der Waals surface area contributed by atoms with Gasteiger partial charge in [-0.05, 0) is 102 Å². The molecule has 0 aliphatic rings. The lowest BCUT2D eigenvalue weighted by Gasteiger charge is -2.19. The molecule has 0 spiro atoms. The molecule has 5 nitrogen and oxygen atoms in total. The summed E-state index contributed by atoms with van der Waals surface area (Å²) in [6.45, 7) is 12.8. The zero-order valence-corrected chi connectivity index (χ0v) is 23.6. The van der Waals surface area contributed by atoms with Gasteiger partial charge in [0.15, 0.2) is 0 Å². The van der Waals surface area contributed by atoms with Crippen LogP contribution >= 0.6 is 0 Å². The first kappa shape index (κ1) is 28.8. The molecular formula is C32H36O5S. The van der Waals surface area contributed by atoms with Gasteiger partial charge in [-0.3, -0.25) is 0 Å². The lowest BCUT2D eigenvalue weighted by atomic mass is 9.87. The van der Waals surface area contributed by atoms with Crippen LogP contribution in [-0.2, 0) is 15.3 Å². The third-order valence-corrected chi connectivity index (χ3v) is 7.08. The van der Waals surface area contributed by atoms with Crippen LogP contribution in [0.2, 0.25) is 0 Å². The Morgan fingerprint density at radius 3 is 1.21 bits per heavy atom. The van der Waals surface area contributed by atoms with Gasteiger partial charge in [-0.2, -0.15) is 0 Å². The summed E-state index contributed by atoms with van der Waals surface area (Å²) in [7, 11) is -3.62. The summed E-state index contributed by atoms with van der Waals surface area (Å²) in [6.07, 6.45) is 0. The average molecular weight is 533 g/mol. The van der Waals surface area contributed by atoms with Gasteiger partial charge in [0.2, 0.25) is 9.84 Å². The minimum Gasteiger partial charge on any atom is -0.508 e. The van der Waals surface area contributed by atoms with Gasteiger partial charge in [0.1, 0.15) is 28.7 Å². The van der Waals surface area contributed by atoms with E-state index in [2.05, 4.69) is 41.5 Å². The summed E-state index contributed by atoms with van der Waals surface area (Å²) in [5.41, 5.74) is 1.03. The molecule has 0 amide bonds. The first-order chi connectivity index (χ1) is 17.8.